The van der Waals surface area contributed by atoms with Gasteiger partial charge in [-0.1, -0.05) is 24.3 Å². The summed E-state index contributed by atoms with van der Waals surface area (Å²) in [5.74, 6) is 0.499. The first-order valence-electron chi connectivity index (χ1n) is 5.64. The van der Waals surface area contributed by atoms with Gasteiger partial charge in [0.05, 0.1) is 12.2 Å². The van der Waals surface area contributed by atoms with Crippen molar-refractivity contribution in [2.75, 3.05) is 0 Å². The van der Waals surface area contributed by atoms with Gasteiger partial charge < -0.3 is 9.47 Å². The van der Waals surface area contributed by atoms with Gasteiger partial charge in [-0.15, -0.1) is 0 Å². The second-order valence-corrected chi connectivity index (χ2v) is 4.53. The molecule has 0 saturated carbocycles. The number of rotatable bonds is 0. The van der Waals surface area contributed by atoms with Crippen LogP contribution in [-0.4, -0.2) is 12.4 Å². The molecule has 1 fully saturated rings. The molecule has 80 valence electrons. The van der Waals surface area contributed by atoms with E-state index in [2.05, 4.69) is 31.2 Å². The Kier molecular flexibility index (Phi) is 2.08. The first-order chi connectivity index (χ1) is 7.25. The van der Waals surface area contributed by atoms with Crippen LogP contribution in [0, 0.1) is 5.92 Å². The summed E-state index contributed by atoms with van der Waals surface area (Å²) >= 11 is 0. The normalized spacial score (nSPS) is 38.5. The summed E-state index contributed by atoms with van der Waals surface area (Å²) in [7, 11) is 0. The molecule has 15 heavy (non-hydrogen) atoms. The van der Waals surface area contributed by atoms with E-state index >= 15 is 0 Å². The van der Waals surface area contributed by atoms with E-state index in [0.29, 0.717) is 12.0 Å². The zero-order chi connectivity index (χ0) is 10.4. The summed E-state index contributed by atoms with van der Waals surface area (Å²) in [6.07, 6.45) is 1.56. The Hall–Kier alpha value is -0.860. The van der Waals surface area contributed by atoms with Gasteiger partial charge in [0.25, 0.3) is 0 Å². The van der Waals surface area contributed by atoms with Gasteiger partial charge in [-0.25, -0.2) is 0 Å². The Bertz CT molecular complexity index is 375. The summed E-state index contributed by atoms with van der Waals surface area (Å²) in [5, 5.41) is 0. The van der Waals surface area contributed by atoms with Crippen molar-refractivity contribution >= 4 is 0 Å². The van der Waals surface area contributed by atoms with Crippen LogP contribution in [0.25, 0.3) is 0 Å². The van der Waals surface area contributed by atoms with E-state index in [1.165, 1.54) is 11.1 Å². The molecule has 2 nitrogen and oxygen atoms in total. The van der Waals surface area contributed by atoms with Crippen molar-refractivity contribution in [1.82, 2.24) is 0 Å². The summed E-state index contributed by atoms with van der Waals surface area (Å²) < 4.78 is 11.6. The molecule has 0 bridgehead atoms. The Labute approximate surface area is 90.2 Å². The molecule has 1 aliphatic heterocycles. The molecule has 0 spiro atoms. The van der Waals surface area contributed by atoms with Gasteiger partial charge >= 0.3 is 0 Å². The van der Waals surface area contributed by atoms with Gasteiger partial charge in [-0.05, 0) is 31.4 Å². The lowest BCUT2D eigenvalue weighted by Crippen LogP contribution is -2.37. The highest BCUT2D eigenvalue weighted by Gasteiger charge is 2.41. The molecular formula is C13H16O2. The maximum absolute atomic E-state index is 5.88. The zero-order valence-corrected chi connectivity index (χ0v) is 9.14. The summed E-state index contributed by atoms with van der Waals surface area (Å²) in [5.41, 5.74) is 2.79. The van der Waals surface area contributed by atoms with Crippen LogP contribution >= 0.6 is 0 Å². The van der Waals surface area contributed by atoms with Crippen molar-refractivity contribution < 1.29 is 9.47 Å². The van der Waals surface area contributed by atoms with Gasteiger partial charge in [0.15, 0.2) is 6.29 Å². The minimum Gasteiger partial charge on any atom is -0.350 e. The molecule has 0 aromatic heterocycles. The van der Waals surface area contributed by atoms with Crippen LogP contribution < -0.4 is 0 Å². The van der Waals surface area contributed by atoms with E-state index in [4.69, 9.17) is 9.47 Å². The number of ether oxygens (including phenoxy) is 2. The van der Waals surface area contributed by atoms with Crippen molar-refractivity contribution in [3.8, 4) is 0 Å². The van der Waals surface area contributed by atoms with E-state index in [0.717, 1.165) is 6.42 Å². The van der Waals surface area contributed by atoms with E-state index in [1.807, 2.05) is 6.92 Å². The fourth-order valence-electron chi connectivity index (χ4n) is 2.82. The Morgan fingerprint density at radius 1 is 1.13 bits per heavy atom. The summed E-state index contributed by atoms with van der Waals surface area (Å²) in [6.45, 7) is 4.14. The number of fused-ring (bicyclic) bond motifs is 3. The standard InChI is InChI=1S/C13H16O2/c1-8-12-7-10-5-3-4-6-11(10)13(12)15-9(2)14-8/h3-6,8-9,12-13H,7H2,1-2H3/t8-,9+,12+,13+/m1/s1. The molecule has 1 aromatic rings. The Morgan fingerprint density at radius 2 is 1.93 bits per heavy atom. The quantitative estimate of drug-likeness (QED) is 0.647. The minimum absolute atomic E-state index is 0.0765. The van der Waals surface area contributed by atoms with Crippen LogP contribution in [0.15, 0.2) is 24.3 Å². The van der Waals surface area contributed by atoms with Crippen LogP contribution in [0.5, 0.6) is 0 Å². The molecule has 4 atom stereocenters. The molecular weight excluding hydrogens is 188 g/mol. The lowest BCUT2D eigenvalue weighted by Gasteiger charge is -2.36. The first-order valence-corrected chi connectivity index (χ1v) is 5.64. The summed E-state index contributed by atoms with van der Waals surface area (Å²) in [6, 6.07) is 8.58. The number of hydrogen-bond donors (Lipinski definition) is 0. The lowest BCUT2D eigenvalue weighted by molar-refractivity contribution is -0.254. The minimum atomic E-state index is -0.0765. The largest absolute Gasteiger partial charge is 0.350 e. The highest BCUT2D eigenvalue weighted by atomic mass is 16.7. The molecule has 3 rings (SSSR count). The molecule has 0 N–H and O–H groups in total. The Balaban J connectivity index is 1.98. The predicted molar refractivity (Wildman–Crippen MR) is 57.5 cm³/mol. The van der Waals surface area contributed by atoms with E-state index in [9.17, 15) is 0 Å². The van der Waals surface area contributed by atoms with Gasteiger partial charge in [0.2, 0.25) is 0 Å². The maximum atomic E-state index is 5.88. The molecule has 2 aliphatic rings. The SMILES string of the molecule is C[C@H]1O[C@H](C)[C@@H]2Cc3ccccc3[C@@H]2O1. The average molecular weight is 204 g/mol. The van der Waals surface area contributed by atoms with E-state index < -0.39 is 0 Å². The fraction of sp³-hybridized carbons (Fsp3) is 0.538. The van der Waals surface area contributed by atoms with Crippen LogP contribution in [0.2, 0.25) is 0 Å². The van der Waals surface area contributed by atoms with Crippen LogP contribution in [0.1, 0.15) is 31.1 Å². The summed E-state index contributed by atoms with van der Waals surface area (Å²) in [4.78, 5) is 0. The highest BCUT2D eigenvalue weighted by molar-refractivity contribution is 5.35. The van der Waals surface area contributed by atoms with Crippen LogP contribution in [0.3, 0.4) is 0 Å². The maximum Gasteiger partial charge on any atom is 0.156 e. The predicted octanol–water partition coefficient (Wildman–Crippen LogP) is 2.68. The molecule has 0 radical (unpaired) electrons. The third kappa shape index (κ3) is 1.40. The van der Waals surface area contributed by atoms with Crippen molar-refractivity contribution in [1.29, 1.82) is 0 Å². The molecule has 1 aromatic carbocycles. The van der Waals surface area contributed by atoms with E-state index in [1.54, 1.807) is 0 Å². The van der Waals surface area contributed by atoms with Crippen LogP contribution in [-0.2, 0) is 15.9 Å². The van der Waals surface area contributed by atoms with Gasteiger partial charge in [0, 0.05) is 5.92 Å². The number of hydrogen-bond acceptors (Lipinski definition) is 2. The molecule has 1 aliphatic carbocycles. The van der Waals surface area contributed by atoms with E-state index in [-0.39, 0.29) is 12.4 Å². The monoisotopic (exact) mass is 204 g/mol. The van der Waals surface area contributed by atoms with Gasteiger partial charge in [0.1, 0.15) is 0 Å². The van der Waals surface area contributed by atoms with Gasteiger partial charge in [-0.3, -0.25) is 0 Å². The zero-order valence-electron chi connectivity index (χ0n) is 9.14. The van der Waals surface area contributed by atoms with Crippen molar-refractivity contribution in [3.05, 3.63) is 35.4 Å². The van der Waals surface area contributed by atoms with Crippen LogP contribution in [0.4, 0.5) is 0 Å². The second kappa shape index (κ2) is 3.32. The highest BCUT2D eigenvalue weighted by Crippen LogP contribution is 2.44. The van der Waals surface area contributed by atoms with Crippen molar-refractivity contribution in [2.24, 2.45) is 5.92 Å². The third-order valence-corrected chi connectivity index (χ3v) is 3.55. The van der Waals surface area contributed by atoms with Crippen molar-refractivity contribution in [3.63, 3.8) is 0 Å². The molecule has 0 amide bonds. The fourth-order valence-corrected chi connectivity index (χ4v) is 2.82. The first kappa shape index (κ1) is 9.37. The average Bonchev–Trinajstić information content (AvgIpc) is 2.57. The smallest absolute Gasteiger partial charge is 0.156 e. The second-order valence-electron chi connectivity index (χ2n) is 4.53. The molecule has 1 heterocycles. The number of benzene rings is 1. The molecule has 0 unspecified atom stereocenters. The molecule has 1 saturated heterocycles. The lowest BCUT2D eigenvalue weighted by atomic mass is 9.96. The third-order valence-electron chi connectivity index (χ3n) is 3.55. The topological polar surface area (TPSA) is 18.5 Å². The Morgan fingerprint density at radius 3 is 2.80 bits per heavy atom. The molecule has 2 heteroatoms. The van der Waals surface area contributed by atoms with Crippen molar-refractivity contribution in [2.45, 2.75) is 38.8 Å². The van der Waals surface area contributed by atoms with Gasteiger partial charge in [-0.2, -0.15) is 0 Å².